The highest BCUT2D eigenvalue weighted by Crippen LogP contribution is 2.30. The maximum atomic E-state index is 11.0. The second kappa shape index (κ2) is 6.27. The Bertz CT molecular complexity index is 379. The Morgan fingerprint density at radius 1 is 1.62 bits per heavy atom. The number of halogens is 1. The van der Waals surface area contributed by atoms with Crippen molar-refractivity contribution in [3.8, 4) is 0 Å². The van der Waals surface area contributed by atoms with E-state index in [2.05, 4.69) is 20.7 Å². The second-order valence-electron chi connectivity index (χ2n) is 3.22. The number of carbonyl (C=O) groups excluding carboxylic acids is 1. The molecule has 1 N–H and O–H groups in total. The van der Waals surface area contributed by atoms with E-state index >= 15 is 0 Å². The van der Waals surface area contributed by atoms with Gasteiger partial charge < -0.3 is 9.84 Å². The highest BCUT2D eigenvalue weighted by Gasteiger charge is 2.10. The van der Waals surface area contributed by atoms with Gasteiger partial charge in [-0.1, -0.05) is 22.0 Å². The van der Waals surface area contributed by atoms with Gasteiger partial charge in [-0.2, -0.15) is 0 Å². The summed E-state index contributed by atoms with van der Waals surface area (Å²) < 4.78 is 5.49. The zero-order valence-corrected chi connectivity index (χ0v) is 11.5. The van der Waals surface area contributed by atoms with Crippen molar-refractivity contribution in [2.24, 2.45) is 0 Å². The smallest absolute Gasteiger partial charge is 0.315 e. The van der Waals surface area contributed by atoms with E-state index in [-0.39, 0.29) is 11.7 Å². The highest BCUT2D eigenvalue weighted by atomic mass is 79.9. The maximum Gasteiger partial charge on any atom is 0.315 e. The van der Waals surface area contributed by atoms with Gasteiger partial charge in [-0.05, 0) is 24.6 Å². The van der Waals surface area contributed by atoms with Crippen molar-refractivity contribution < 1.29 is 14.6 Å². The van der Waals surface area contributed by atoms with E-state index in [1.165, 1.54) is 18.9 Å². The van der Waals surface area contributed by atoms with Gasteiger partial charge in [-0.15, -0.1) is 11.8 Å². The van der Waals surface area contributed by atoms with E-state index < -0.39 is 6.10 Å². The monoisotopic (exact) mass is 304 g/mol. The number of hydrogen-bond donors (Lipinski definition) is 1. The Hall–Kier alpha value is -0.520. The summed E-state index contributed by atoms with van der Waals surface area (Å²) in [5, 5.41) is 9.57. The van der Waals surface area contributed by atoms with Crippen LogP contribution >= 0.6 is 27.7 Å². The van der Waals surface area contributed by atoms with Crippen LogP contribution in [-0.4, -0.2) is 23.9 Å². The number of rotatable bonds is 4. The SMILES string of the molecule is COC(=O)CSc1cc(Br)ccc1C(C)O. The first kappa shape index (κ1) is 13.5. The van der Waals surface area contributed by atoms with Gasteiger partial charge in [-0.25, -0.2) is 0 Å². The summed E-state index contributed by atoms with van der Waals surface area (Å²) in [5.74, 6) is -0.0336. The number of thioether (sulfide) groups is 1. The fraction of sp³-hybridized carbons (Fsp3) is 0.364. The molecule has 0 saturated heterocycles. The number of ether oxygens (including phenoxy) is 1. The molecule has 0 fully saturated rings. The molecule has 1 unspecified atom stereocenters. The summed E-state index contributed by atoms with van der Waals surface area (Å²) in [5.41, 5.74) is 0.817. The Morgan fingerprint density at radius 3 is 2.88 bits per heavy atom. The van der Waals surface area contributed by atoms with E-state index in [1.807, 2.05) is 18.2 Å². The number of hydrogen-bond acceptors (Lipinski definition) is 4. The number of aliphatic hydroxyl groups is 1. The molecule has 0 saturated carbocycles. The van der Waals surface area contributed by atoms with Gasteiger partial charge in [0.1, 0.15) is 0 Å². The lowest BCUT2D eigenvalue weighted by molar-refractivity contribution is -0.137. The zero-order valence-electron chi connectivity index (χ0n) is 9.07. The molecule has 0 aromatic heterocycles. The van der Waals surface area contributed by atoms with Crippen molar-refractivity contribution in [2.75, 3.05) is 12.9 Å². The summed E-state index contributed by atoms with van der Waals surface area (Å²) in [7, 11) is 1.36. The lowest BCUT2D eigenvalue weighted by Gasteiger charge is -2.11. The van der Waals surface area contributed by atoms with Crippen LogP contribution in [0.15, 0.2) is 27.6 Å². The van der Waals surface area contributed by atoms with Crippen molar-refractivity contribution in [1.29, 1.82) is 0 Å². The van der Waals surface area contributed by atoms with E-state index in [0.29, 0.717) is 0 Å². The summed E-state index contributed by atoms with van der Waals surface area (Å²) in [4.78, 5) is 11.9. The van der Waals surface area contributed by atoms with Crippen LogP contribution in [0.1, 0.15) is 18.6 Å². The minimum absolute atomic E-state index is 0.243. The van der Waals surface area contributed by atoms with E-state index in [1.54, 1.807) is 6.92 Å². The van der Waals surface area contributed by atoms with Crippen molar-refractivity contribution in [3.05, 3.63) is 28.2 Å². The molecule has 0 aliphatic rings. The molecular weight excluding hydrogens is 292 g/mol. The fourth-order valence-electron chi connectivity index (χ4n) is 1.17. The molecule has 16 heavy (non-hydrogen) atoms. The van der Waals surface area contributed by atoms with Gasteiger partial charge >= 0.3 is 5.97 Å². The molecule has 1 aromatic rings. The van der Waals surface area contributed by atoms with Crippen LogP contribution in [0.25, 0.3) is 0 Å². The van der Waals surface area contributed by atoms with Crippen LogP contribution in [0.3, 0.4) is 0 Å². The van der Waals surface area contributed by atoms with Gasteiger partial charge in [0.15, 0.2) is 0 Å². The topological polar surface area (TPSA) is 46.5 Å². The Balaban J connectivity index is 2.84. The van der Waals surface area contributed by atoms with E-state index in [4.69, 9.17) is 0 Å². The molecular formula is C11H13BrO3S. The van der Waals surface area contributed by atoms with Gasteiger partial charge in [0, 0.05) is 9.37 Å². The number of aliphatic hydroxyl groups excluding tert-OH is 1. The molecule has 1 aromatic carbocycles. The van der Waals surface area contributed by atoms with Crippen molar-refractivity contribution in [2.45, 2.75) is 17.9 Å². The Morgan fingerprint density at radius 2 is 2.31 bits per heavy atom. The molecule has 1 atom stereocenters. The first-order valence-corrected chi connectivity index (χ1v) is 6.49. The van der Waals surface area contributed by atoms with Crippen LogP contribution < -0.4 is 0 Å². The average Bonchev–Trinajstić information content (AvgIpc) is 2.25. The molecule has 0 bridgehead atoms. The standard InChI is InChI=1S/C11H13BrO3S/c1-7(13)9-4-3-8(12)5-10(9)16-6-11(14)15-2/h3-5,7,13H,6H2,1-2H3. The first-order valence-electron chi connectivity index (χ1n) is 4.71. The first-order chi connectivity index (χ1) is 7.54. The minimum atomic E-state index is -0.548. The van der Waals surface area contributed by atoms with E-state index in [0.717, 1.165) is 14.9 Å². The number of methoxy groups -OCH3 is 1. The van der Waals surface area contributed by atoms with Crippen molar-refractivity contribution in [3.63, 3.8) is 0 Å². The Kier molecular flexibility index (Phi) is 5.31. The molecule has 0 amide bonds. The second-order valence-corrected chi connectivity index (χ2v) is 5.16. The van der Waals surface area contributed by atoms with Gasteiger partial charge in [0.05, 0.1) is 19.0 Å². The molecule has 0 heterocycles. The van der Waals surface area contributed by atoms with Crippen molar-refractivity contribution in [1.82, 2.24) is 0 Å². The normalized spacial score (nSPS) is 12.2. The Labute approximate surface area is 107 Å². The summed E-state index contributed by atoms with van der Waals surface area (Å²) in [6.45, 7) is 1.70. The number of esters is 1. The van der Waals surface area contributed by atoms with Crippen LogP contribution in [-0.2, 0) is 9.53 Å². The third-order valence-electron chi connectivity index (χ3n) is 2.00. The molecule has 0 spiro atoms. The van der Waals surface area contributed by atoms with Gasteiger partial charge in [-0.3, -0.25) is 4.79 Å². The molecule has 3 nitrogen and oxygen atoms in total. The largest absolute Gasteiger partial charge is 0.468 e. The highest BCUT2D eigenvalue weighted by molar-refractivity contribution is 9.10. The molecule has 5 heteroatoms. The fourth-order valence-corrected chi connectivity index (χ4v) is 2.69. The maximum absolute atomic E-state index is 11.0. The lowest BCUT2D eigenvalue weighted by atomic mass is 10.1. The molecule has 88 valence electrons. The zero-order chi connectivity index (χ0) is 12.1. The predicted octanol–water partition coefficient (Wildman–Crippen LogP) is 2.77. The predicted molar refractivity (Wildman–Crippen MR) is 67.5 cm³/mol. The minimum Gasteiger partial charge on any atom is -0.468 e. The van der Waals surface area contributed by atoms with Crippen LogP contribution in [0.2, 0.25) is 0 Å². The molecule has 0 aliphatic heterocycles. The molecule has 1 rings (SSSR count). The summed E-state index contributed by atoms with van der Waals surface area (Å²) >= 11 is 4.72. The van der Waals surface area contributed by atoms with Crippen molar-refractivity contribution >= 4 is 33.7 Å². The van der Waals surface area contributed by atoms with Crippen LogP contribution in [0.5, 0.6) is 0 Å². The molecule has 0 radical (unpaired) electrons. The van der Waals surface area contributed by atoms with Gasteiger partial charge in [0.2, 0.25) is 0 Å². The third-order valence-corrected chi connectivity index (χ3v) is 3.54. The summed E-state index contributed by atoms with van der Waals surface area (Å²) in [6.07, 6.45) is -0.548. The number of carbonyl (C=O) groups is 1. The van der Waals surface area contributed by atoms with Crippen LogP contribution in [0, 0.1) is 0 Å². The van der Waals surface area contributed by atoms with Gasteiger partial charge in [0.25, 0.3) is 0 Å². The lowest BCUT2D eigenvalue weighted by Crippen LogP contribution is -2.04. The third kappa shape index (κ3) is 3.81. The molecule has 0 aliphatic carbocycles. The average molecular weight is 305 g/mol. The van der Waals surface area contributed by atoms with E-state index in [9.17, 15) is 9.90 Å². The summed E-state index contributed by atoms with van der Waals surface area (Å²) in [6, 6.07) is 5.59. The number of benzene rings is 1. The quantitative estimate of drug-likeness (QED) is 0.686. The van der Waals surface area contributed by atoms with Crippen LogP contribution in [0.4, 0.5) is 0 Å².